The summed E-state index contributed by atoms with van der Waals surface area (Å²) in [5.74, 6) is 0. The Kier molecular flexibility index (Phi) is 1.26. The zero-order chi connectivity index (χ0) is 3.70. The molecular formula is C4H9At. The van der Waals surface area contributed by atoms with Gasteiger partial charge in [0.1, 0.15) is 0 Å². The van der Waals surface area contributed by atoms with Crippen molar-refractivity contribution < 1.29 is 21.8 Å². The molecule has 0 amide bonds. The molecule has 0 N–H and O–H groups in total. The third-order valence-corrected chi connectivity index (χ3v) is 8.01. The minimum atomic E-state index is -0.314. The third kappa shape index (κ3) is 0.857. The molecule has 1 heterocycles. The van der Waals surface area contributed by atoms with Crippen molar-refractivity contribution in [3.05, 3.63) is 0 Å². The van der Waals surface area contributed by atoms with Gasteiger partial charge in [0.05, 0.1) is 0 Å². The molecule has 32 valence electrons. The first kappa shape index (κ1) is 4.05. The summed E-state index contributed by atoms with van der Waals surface area (Å²) in [4.78, 5) is 0. The van der Waals surface area contributed by atoms with Gasteiger partial charge >= 0.3 is 41.1 Å². The summed E-state index contributed by atoms with van der Waals surface area (Å²) in [7, 11) is 0. The van der Waals surface area contributed by atoms with Crippen LogP contribution in [0.4, 0.5) is 0 Å². The molecule has 0 unspecified atom stereocenters. The molecule has 0 atom stereocenters. The van der Waals surface area contributed by atoms with Gasteiger partial charge in [-0.15, -0.1) is 0 Å². The van der Waals surface area contributed by atoms with Crippen molar-refractivity contribution >= 4 is 0 Å². The third-order valence-electron chi connectivity index (χ3n) is 0.912. The molecule has 1 heteroatoms. The summed E-state index contributed by atoms with van der Waals surface area (Å²) >= 11 is -0.314. The molecule has 0 aromatic rings. The second-order valence-electron chi connectivity index (χ2n) is 1.46. The number of hydrogen-bond acceptors (Lipinski definition) is 0. The fraction of sp³-hybridized carbons (Fsp3) is 1.00. The van der Waals surface area contributed by atoms with Gasteiger partial charge in [-0.05, 0) is 0 Å². The van der Waals surface area contributed by atoms with Crippen LogP contribution in [0.25, 0.3) is 0 Å². The monoisotopic (exact) mass is 267 g/mol. The maximum atomic E-state index is 2.49. The summed E-state index contributed by atoms with van der Waals surface area (Å²) in [6.07, 6.45) is 1.57. The van der Waals surface area contributed by atoms with E-state index in [9.17, 15) is 0 Å². The van der Waals surface area contributed by atoms with Gasteiger partial charge in [0.2, 0.25) is 0 Å². The molecule has 0 radical (unpaired) electrons. The Balaban J connectivity index is 2.08. The Morgan fingerprint density at radius 1 is 1.40 bits per heavy atom. The van der Waals surface area contributed by atoms with E-state index in [4.69, 9.17) is 0 Å². The van der Waals surface area contributed by atoms with E-state index in [1.807, 2.05) is 0 Å². The molecule has 1 aliphatic rings. The number of hydrogen-bond donors (Lipinski definition) is 0. The van der Waals surface area contributed by atoms with Crippen LogP contribution in [0.1, 0.15) is 6.42 Å². The molecule has 1 aliphatic heterocycles. The van der Waals surface area contributed by atoms with Crippen LogP contribution in [0.2, 0.25) is 12.9 Å². The molecule has 0 bridgehead atoms. The van der Waals surface area contributed by atoms with E-state index in [2.05, 4.69) is 4.63 Å². The SMILES string of the molecule is C[At]1CCC1. The molecule has 1 fully saturated rings. The van der Waals surface area contributed by atoms with Gasteiger partial charge in [-0.1, -0.05) is 0 Å². The molecule has 0 aliphatic carbocycles. The van der Waals surface area contributed by atoms with Crippen LogP contribution in [0.15, 0.2) is 0 Å². The Morgan fingerprint density at radius 3 is 1.80 bits per heavy atom. The van der Waals surface area contributed by atoms with E-state index in [1.165, 1.54) is 0 Å². The van der Waals surface area contributed by atoms with Crippen molar-refractivity contribution in [1.82, 2.24) is 0 Å². The molecule has 0 nitrogen and oxygen atoms in total. The van der Waals surface area contributed by atoms with Gasteiger partial charge in [0.25, 0.3) is 0 Å². The van der Waals surface area contributed by atoms with Crippen molar-refractivity contribution in [3.63, 3.8) is 0 Å². The molecular weight excluding hydrogens is 258 g/mol. The Morgan fingerprint density at radius 2 is 1.80 bits per heavy atom. The van der Waals surface area contributed by atoms with E-state index in [0.29, 0.717) is 0 Å². The molecule has 0 aromatic carbocycles. The fourth-order valence-corrected chi connectivity index (χ4v) is 3.52. The van der Waals surface area contributed by atoms with E-state index >= 15 is 0 Å². The van der Waals surface area contributed by atoms with Crippen LogP contribution in [-0.4, -0.2) is 0 Å². The second kappa shape index (κ2) is 1.55. The Bertz CT molecular complexity index is 30.6. The van der Waals surface area contributed by atoms with Gasteiger partial charge in [0, 0.05) is 0 Å². The first-order chi connectivity index (χ1) is 2.39. The molecule has 0 aromatic heterocycles. The molecule has 5 heavy (non-hydrogen) atoms. The zero-order valence-electron chi connectivity index (χ0n) is 3.50. The van der Waals surface area contributed by atoms with E-state index in [1.54, 1.807) is 14.7 Å². The summed E-state index contributed by atoms with van der Waals surface area (Å²) < 4.78 is 5.84. The van der Waals surface area contributed by atoms with Gasteiger partial charge in [-0.25, -0.2) is 0 Å². The van der Waals surface area contributed by atoms with Crippen LogP contribution in [0, 0.1) is 21.8 Å². The standard InChI is InChI=1S/C4H9At/c1-5-3-2-4-5/h2-4H2,1H3. The van der Waals surface area contributed by atoms with Crippen molar-refractivity contribution in [2.75, 3.05) is 0 Å². The van der Waals surface area contributed by atoms with Crippen molar-refractivity contribution in [2.24, 2.45) is 0 Å². The van der Waals surface area contributed by atoms with Crippen LogP contribution >= 0.6 is 0 Å². The second-order valence-corrected chi connectivity index (χ2v) is 10.0. The summed E-state index contributed by atoms with van der Waals surface area (Å²) in [5, 5.41) is 0. The van der Waals surface area contributed by atoms with Crippen LogP contribution in [0.5, 0.6) is 0 Å². The normalized spacial score (nSPS) is 29.4. The van der Waals surface area contributed by atoms with Crippen LogP contribution in [0.3, 0.4) is 0 Å². The molecule has 0 spiro atoms. The Hall–Kier alpha value is 0.883. The average molecular weight is 267 g/mol. The number of rotatable bonds is 0. The molecule has 1 saturated heterocycles. The predicted molar refractivity (Wildman–Crippen MR) is 20.1 cm³/mol. The summed E-state index contributed by atoms with van der Waals surface area (Å²) in [6.45, 7) is 0. The minimum absolute atomic E-state index is 0.314. The first-order valence-corrected chi connectivity index (χ1v) is 9.01. The average Bonchev–Trinajstić information content (AvgIpc) is 1.30. The van der Waals surface area contributed by atoms with Gasteiger partial charge in [-0.2, -0.15) is 0 Å². The first-order valence-electron chi connectivity index (χ1n) is 1.91. The summed E-state index contributed by atoms with van der Waals surface area (Å²) in [6, 6.07) is 0. The maximum absolute atomic E-state index is 2.49. The van der Waals surface area contributed by atoms with Gasteiger partial charge in [0.15, 0.2) is 0 Å². The van der Waals surface area contributed by atoms with E-state index in [-0.39, 0.29) is 21.8 Å². The van der Waals surface area contributed by atoms with Crippen molar-refractivity contribution in [1.29, 1.82) is 0 Å². The quantitative estimate of drug-likeness (QED) is 0.629. The van der Waals surface area contributed by atoms with Crippen molar-refractivity contribution in [2.45, 2.75) is 19.3 Å². The zero-order valence-corrected chi connectivity index (χ0v) is 6.44. The topological polar surface area (TPSA) is 0 Å². The predicted octanol–water partition coefficient (Wildman–Crippen LogP) is 1.90. The molecule has 1 rings (SSSR count). The van der Waals surface area contributed by atoms with Gasteiger partial charge < -0.3 is 0 Å². The van der Waals surface area contributed by atoms with Gasteiger partial charge in [-0.3, -0.25) is 0 Å². The Labute approximate surface area is 41.3 Å². The molecule has 0 saturated carbocycles. The van der Waals surface area contributed by atoms with E-state index < -0.39 is 0 Å². The van der Waals surface area contributed by atoms with Crippen LogP contribution < -0.4 is 0 Å². The van der Waals surface area contributed by atoms with Crippen molar-refractivity contribution in [3.8, 4) is 0 Å². The summed E-state index contributed by atoms with van der Waals surface area (Å²) in [5.41, 5.74) is 0. The van der Waals surface area contributed by atoms with E-state index in [0.717, 1.165) is 0 Å². The van der Waals surface area contributed by atoms with Crippen LogP contribution in [-0.2, 0) is 0 Å². The fourth-order valence-electron chi connectivity index (χ4n) is 0.401.